The second-order valence-corrected chi connectivity index (χ2v) is 11.5. The number of imidazole rings is 1. The molecule has 0 bridgehead atoms. The maximum Gasteiger partial charge on any atom is 0.291 e. The highest BCUT2D eigenvalue weighted by Gasteiger charge is 2.31. The van der Waals surface area contributed by atoms with Gasteiger partial charge in [-0.05, 0) is 48.7 Å². The SMILES string of the molecule is COc1c(C=O)cc(Cl)c(OC2CCc3c(-c4cccc(NC(=O)c5nc6c(n5C)CCN(C)C6)c4Cl)cccc32)c1F. The van der Waals surface area contributed by atoms with Gasteiger partial charge in [-0.2, -0.15) is 4.39 Å². The van der Waals surface area contributed by atoms with E-state index in [2.05, 4.69) is 15.2 Å². The number of halogens is 3. The molecule has 1 aromatic heterocycles. The summed E-state index contributed by atoms with van der Waals surface area (Å²) < 4.78 is 28.3. The van der Waals surface area contributed by atoms with Gasteiger partial charge in [0, 0.05) is 37.8 Å². The van der Waals surface area contributed by atoms with Crippen molar-refractivity contribution in [1.82, 2.24) is 14.5 Å². The number of anilines is 1. The zero-order chi connectivity index (χ0) is 30.4. The summed E-state index contributed by atoms with van der Waals surface area (Å²) >= 11 is 13.2. The Kier molecular flexibility index (Phi) is 7.89. The number of methoxy groups -OCH3 is 1. The van der Waals surface area contributed by atoms with E-state index in [0.29, 0.717) is 42.2 Å². The van der Waals surface area contributed by atoms with Crippen molar-refractivity contribution >= 4 is 41.1 Å². The lowest BCUT2D eigenvalue weighted by Crippen LogP contribution is -2.27. The number of carbonyl (C=O) groups is 2. The minimum absolute atomic E-state index is 0.00295. The second kappa shape index (κ2) is 11.6. The number of rotatable bonds is 7. The molecule has 1 amide bonds. The molecule has 2 heterocycles. The van der Waals surface area contributed by atoms with Crippen molar-refractivity contribution in [2.24, 2.45) is 7.05 Å². The lowest BCUT2D eigenvalue weighted by atomic mass is 9.96. The Hall–Kier alpha value is -3.92. The largest absolute Gasteiger partial charge is 0.493 e. The summed E-state index contributed by atoms with van der Waals surface area (Å²) in [5, 5.41) is 3.34. The Bertz CT molecular complexity index is 1770. The van der Waals surface area contributed by atoms with Crippen molar-refractivity contribution in [3.8, 4) is 22.6 Å². The van der Waals surface area contributed by atoms with Crippen LogP contribution in [0.25, 0.3) is 11.1 Å². The van der Waals surface area contributed by atoms with Crippen molar-refractivity contribution < 1.29 is 23.5 Å². The minimum Gasteiger partial charge on any atom is -0.493 e. The number of aldehydes is 1. The van der Waals surface area contributed by atoms with E-state index in [1.54, 1.807) is 6.07 Å². The fourth-order valence-electron chi connectivity index (χ4n) is 6.02. The molecule has 43 heavy (non-hydrogen) atoms. The minimum atomic E-state index is -0.825. The summed E-state index contributed by atoms with van der Waals surface area (Å²) in [4.78, 5) is 31.5. The zero-order valence-corrected chi connectivity index (χ0v) is 25.4. The summed E-state index contributed by atoms with van der Waals surface area (Å²) in [5.41, 5.74) is 5.98. The van der Waals surface area contributed by atoms with Crippen molar-refractivity contribution in [2.45, 2.75) is 31.9 Å². The number of carbonyl (C=O) groups excluding carboxylic acids is 2. The summed E-state index contributed by atoms with van der Waals surface area (Å²) in [6.45, 7) is 1.62. The van der Waals surface area contributed by atoms with Gasteiger partial charge in [-0.1, -0.05) is 53.5 Å². The van der Waals surface area contributed by atoms with Crippen LogP contribution in [0.2, 0.25) is 10.0 Å². The van der Waals surface area contributed by atoms with Gasteiger partial charge in [0.1, 0.15) is 6.10 Å². The van der Waals surface area contributed by atoms with E-state index in [0.717, 1.165) is 46.6 Å². The molecule has 4 aromatic rings. The van der Waals surface area contributed by atoms with Crippen LogP contribution in [0.15, 0.2) is 42.5 Å². The Balaban J connectivity index is 1.29. The molecular weight excluding hydrogens is 594 g/mol. The first-order chi connectivity index (χ1) is 20.7. The zero-order valence-electron chi connectivity index (χ0n) is 23.8. The smallest absolute Gasteiger partial charge is 0.291 e. The molecule has 222 valence electrons. The van der Waals surface area contributed by atoms with Crippen molar-refractivity contribution in [1.29, 1.82) is 0 Å². The van der Waals surface area contributed by atoms with Crippen LogP contribution < -0.4 is 14.8 Å². The molecule has 1 unspecified atom stereocenters. The topological polar surface area (TPSA) is 85.7 Å². The maximum absolute atomic E-state index is 15.2. The first kappa shape index (κ1) is 29.2. The molecule has 1 N–H and O–H groups in total. The van der Waals surface area contributed by atoms with Gasteiger partial charge < -0.3 is 24.3 Å². The van der Waals surface area contributed by atoms with E-state index in [-0.39, 0.29) is 28.0 Å². The normalized spacial score (nSPS) is 16.0. The highest BCUT2D eigenvalue weighted by molar-refractivity contribution is 6.36. The molecule has 3 aromatic carbocycles. The predicted molar refractivity (Wildman–Crippen MR) is 163 cm³/mol. The highest BCUT2D eigenvalue weighted by Crippen LogP contribution is 2.45. The van der Waals surface area contributed by atoms with Crippen LogP contribution in [0.5, 0.6) is 11.5 Å². The number of nitrogens with zero attached hydrogens (tertiary/aromatic N) is 3. The lowest BCUT2D eigenvalue weighted by molar-refractivity contribution is 0.101. The van der Waals surface area contributed by atoms with Crippen molar-refractivity contribution in [3.63, 3.8) is 0 Å². The molecule has 1 aliphatic heterocycles. The van der Waals surface area contributed by atoms with Gasteiger partial charge in [-0.15, -0.1) is 0 Å². The van der Waals surface area contributed by atoms with E-state index in [1.807, 2.05) is 49.0 Å². The van der Waals surface area contributed by atoms with Crippen LogP contribution in [-0.4, -0.2) is 47.3 Å². The van der Waals surface area contributed by atoms with Crippen LogP contribution in [-0.2, 0) is 26.4 Å². The van der Waals surface area contributed by atoms with E-state index < -0.39 is 11.9 Å². The molecule has 0 saturated heterocycles. The average molecular weight is 624 g/mol. The van der Waals surface area contributed by atoms with E-state index in [1.165, 1.54) is 13.2 Å². The lowest BCUT2D eigenvalue weighted by Gasteiger charge is -2.21. The first-order valence-corrected chi connectivity index (χ1v) is 14.6. The van der Waals surface area contributed by atoms with Gasteiger partial charge in [0.25, 0.3) is 5.91 Å². The molecule has 0 radical (unpaired) electrons. The number of aromatic nitrogens is 2. The molecular formula is C32H29Cl2FN4O4. The fourth-order valence-corrected chi connectivity index (χ4v) is 6.54. The quantitative estimate of drug-likeness (QED) is 0.232. The molecule has 6 rings (SSSR count). The van der Waals surface area contributed by atoms with Gasteiger partial charge in [-0.3, -0.25) is 9.59 Å². The molecule has 8 nitrogen and oxygen atoms in total. The number of ether oxygens (including phenoxy) is 2. The number of nitrogens with one attached hydrogen (secondary N) is 1. The third-order valence-electron chi connectivity index (χ3n) is 8.15. The Morgan fingerprint density at radius 2 is 1.88 bits per heavy atom. The molecule has 1 aliphatic carbocycles. The summed E-state index contributed by atoms with van der Waals surface area (Å²) in [7, 11) is 5.18. The number of amides is 1. The summed E-state index contributed by atoms with van der Waals surface area (Å²) in [6, 6.07) is 12.6. The average Bonchev–Trinajstić information content (AvgIpc) is 3.56. The van der Waals surface area contributed by atoms with E-state index in [9.17, 15) is 9.59 Å². The number of benzene rings is 3. The van der Waals surface area contributed by atoms with E-state index in [4.69, 9.17) is 32.7 Å². The van der Waals surface area contributed by atoms with Crippen LogP contribution in [0.3, 0.4) is 0 Å². The third kappa shape index (κ3) is 5.15. The Labute approximate surface area is 258 Å². The van der Waals surface area contributed by atoms with Crippen LogP contribution in [0, 0.1) is 5.82 Å². The van der Waals surface area contributed by atoms with Crippen LogP contribution in [0.1, 0.15) is 56.0 Å². The van der Waals surface area contributed by atoms with Gasteiger partial charge >= 0.3 is 0 Å². The van der Waals surface area contributed by atoms with Gasteiger partial charge in [0.05, 0.1) is 34.1 Å². The standard InChI is InChI=1S/C32H29Cl2FN4O4/c1-38-13-12-25-24(15-38)36-31(39(25)2)32(41)37-23-9-5-8-21(27(23)34)18-6-4-7-20-19(18)10-11-26(20)43-30-22(33)14-17(16-40)29(42-3)28(30)35/h4-9,14,16,26H,10-13,15H2,1-3H3,(H,37,41). The number of hydrogen-bond acceptors (Lipinski definition) is 6. The Morgan fingerprint density at radius 3 is 2.65 bits per heavy atom. The van der Waals surface area contributed by atoms with Crippen molar-refractivity contribution in [3.05, 3.63) is 92.2 Å². The molecule has 0 saturated carbocycles. The Morgan fingerprint density at radius 1 is 1.12 bits per heavy atom. The van der Waals surface area contributed by atoms with Gasteiger partial charge in [0.2, 0.25) is 5.82 Å². The van der Waals surface area contributed by atoms with E-state index >= 15 is 4.39 Å². The van der Waals surface area contributed by atoms with Crippen LogP contribution >= 0.6 is 23.2 Å². The predicted octanol–water partition coefficient (Wildman–Crippen LogP) is 6.66. The fraction of sp³-hybridized carbons (Fsp3) is 0.281. The monoisotopic (exact) mass is 622 g/mol. The molecule has 0 fully saturated rings. The first-order valence-electron chi connectivity index (χ1n) is 13.8. The second-order valence-electron chi connectivity index (χ2n) is 10.8. The summed E-state index contributed by atoms with van der Waals surface area (Å²) in [6.07, 6.45) is 2.06. The third-order valence-corrected chi connectivity index (χ3v) is 8.84. The number of fused-ring (bicyclic) bond motifs is 2. The van der Waals surface area contributed by atoms with Gasteiger partial charge in [-0.25, -0.2) is 4.98 Å². The van der Waals surface area contributed by atoms with Gasteiger partial charge in [0.15, 0.2) is 23.6 Å². The number of likely N-dealkylation sites (N-methyl/N-ethyl adjacent to an activating group) is 1. The molecule has 11 heteroatoms. The highest BCUT2D eigenvalue weighted by atomic mass is 35.5. The van der Waals surface area contributed by atoms with Crippen LogP contribution in [0.4, 0.5) is 10.1 Å². The summed E-state index contributed by atoms with van der Waals surface area (Å²) in [5.74, 6) is -1.21. The number of hydrogen-bond donors (Lipinski definition) is 1. The van der Waals surface area contributed by atoms with Crippen molar-refractivity contribution in [2.75, 3.05) is 26.0 Å². The molecule has 2 aliphatic rings. The molecule has 0 spiro atoms. The molecule has 1 atom stereocenters. The maximum atomic E-state index is 15.2.